The van der Waals surface area contributed by atoms with Gasteiger partial charge in [0, 0.05) is 21.9 Å². The summed E-state index contributed by atoms with van der Waals surface area (Å²) in [5.74, 6) is 0.316. The average molecular weight is 377 g/mol. The number of hydrogen-bond acceptors (Lipinski definition) is 3. The summed E-state index contributed by atoms with van der Waals surface area (Å²) in [4.78, 5) is 25.0. The Morgan fingerprint density at radius 2 is 1.76 bits per heavy atom. The van der Waals surface area contributed by atoms with Crippen molar-refractivity contribution >= 4 is 35.2 Å². The zero-order valence-electron chi connectivity index (χ0n) is 14.3. The van der Waals surface area contributed by atoms with Crippen LogP contribution in [0, 0.1) is 13.8 Å². The van der Waals surface area contributed by atoms with Gasteiger partial charge in [-0.25, -0.2) is 0 Å². The summed E-state index contributed by atoms with van der Waals surface area (Å²) in [6.45, 7) is 3.84. The summed E-state index contributed by atoms with van der Waals surface area (Å²) < 4.78 is 0. The van der Waals surface area contributed by atoms with Crippen LogP contribution in [0.3, 0.4) is 0 Å². The summed E-state index contributed by atoms with van der Waals surface area (Å²) in [7, 11) is 0. The Morgan fingerprint density at radius 3 is 2.44 bits per heavy atom. The monoisotopic (exact) mass is 376 g/mol. The molecule has 0 saturated heterocycles. The van der Waals surface area contributed by atoms with E-state index in [0.29, 0.717) is 17.0 Å². The minimum Gasteiger partial charge on any atom is -0.273 e. The lowest BCUT2D eigenvalue weighted by Gasteiger charge is -2.09. The highest BCUT2D eigenvalue weighted by Crippen LogP contribution is 2.21. The smallest absolute Gasteiger partial charge is 0.269 e. The first-order valence-corrected chi connectivity index (χ1v) is 9.37. The van der Waals surface area contributed by atoms with Crippen LogP contribution < -0.4 is 10.9 Å². The third-order valence-electron chi connectivity index (χ3n) is 3.57. The fourth-order valence-electron chi connectivity index (χ4n) is 2.28. The highest BCUT2D eigenvalue weighted by atomic mass is 35.5. The molecule has 2 aromatic rings. The number of nitrogens with one attached hydrogen (secondary N) is 2. The molecule has 2 amide bonds. The maximum absolute atomic E-state index is 12.1. The largest absolute Gasteiger partial charge is 0.273 e. The number of thioether (sulfide) groups is 1. The van der Waals surface area contributed by atoms with Crippen molar-refractivity contribution in [3.8, 4) is 0 Å². The number of amides is 2. The molecular weight excluding hydrogens is 356 g/mol. The normalized spacial score (nSPS) is 10.4. The van der Waals surface area contributed by atoms with Crippen molar-refractivity contribution in [3.05, 3.63) is 64.2 Å². The maximum Gasteiger partial charge on any atom is 0.269 e. The standard InChI is InChI=1S/C19H21ClN2O2S/c1-13-5-10-17(14(2)12-13)19(24)22-21-18(23)4-3-11-25-16-8-6-15(20)7-9-16/h5-10,12H,3-4,11H2,1-2H3,(H,21,23)(H,22,24). The predicted molar refractivity (Wildman–Crippen MR) is 103 cm³/mol. The Balaban J connectivity index is 1.68. The van der Waals surface area contributed by atoms with Crippen LogP contribution in [-0.2, 0) is 4.79 Å². The molecule has 132 valence electrons. The van der Waals surface area contributed by atoms with Gasteiger partial charge in [0.15, 0.2) is 0 Å². The number of hydrazine groups is 1. The molecule has 0 aliphatic carbocycles. The van der Waals surface area contributed by atoms with E-state index in [1.807, 2.05) is 50.2 Å². The van der Waals surface area contributed by atoms with Crippen molar-refractivity contribution < 1.29 is 9.59 Å². The second-order valence-electron chi connectivity index (χ2n) is 5.73. The third kappa shape index (κ3) is 6.44. The molecule has 25 heavy (non-hydrogen) atoms. The van der Waals surface area contributed by atoms with E-state index in [1.54, 1.807) is 17.8 Å². The van der Waals surface area contributed by atoms with Gasteiger partial charge in [0.1, 0.15) is 0 Å². The fourth-order valence-corrected chi connectivity index (χ4v) is 3.26. The summed E-state index contributed by atoms with van der Waals surface area (Å²) >= 11 is 7.51. The number of benzene rings is 2. The lowest BCUT2D eigenvalue weighted by atomic mass is 10.1. The molecule has 0 aliphatic rings. The van der Waals surface area contributed by atoms with Crippen molar-refractivity contribution in [2.24, 2.45) is 0 Å². The quantitative estimate of drug-likeness (QED) is 0.449. The van der Waals surface area contributed by atoms with E-state index in [9.17, 15) is 9.59 Å². The Bertz CT molecular complexity index is 748. The molecule has 0 spiro atoms. The Hall–Kier alpha value is -1.98. The number of carbonyl (C=O) groups is 2. The van der Waals surface area contributed by atoms with E-state index in [0.717, 1.165) is 28.2 Å². The molecule has 0 atom stereocenters. The number of aryl methyl sites for hydroxylation is 2. The molecule has 0 aliphatic heterocycles. The first-order valence-electron chi connectivity index (χ1n) is 8.00. The Labute approximate surface area is 157 Å². The van der Waals surface area contributed by atoms with Crippen molar-refractivity contribution in [2.75, 3.05) is 5.75 Å². The van der Waals surface area contributed by atoms with Crippen LogP contribution in [-0.4, -0.2) is 17.6 Å². The number of halogens is 1. The topological polar surface area (TPSA) is 58.2 Å². The molecule has 0 radical (unpaired) electrons. The van der Waals surface area contributed by atoms with Crippen molar-refractivity contribution in [3.63, 3.8) is 0 Å². The van der Waals surface area contributed by atoms with Crippen LogP contribution >= 0.6 is 23.4 Å². The van der Waals surface area contributed by atoms with E-state index in [-0.39, 0.29) is 11.8 Å². The highest BCUT2D eigenvalue weighted by Gasteiger charge is 2.10. The van der Waals surface area contributed by atoms with Gasteiger partial charge in [0.2, 0.25) is 5.91 Å². The number of rotatable bonds is 6. The number of hydrogen-bond donors (Lipinski definition) is 2. The average Bonchev–Trinajstić information content (AvgIpc) is 2.58. The minimum atomic E-state index is -0.304. The maximum atomic E-state index is 12.1. The van der Waals surface area contributed by atoms with Gasteiger partial charge >= 0.3 is 0 Å². The summed E-state index contributed by atoms with van der Waals surface area (Å²) in [6, 6.07) is 13.2. The van der Waals surface area contributed by atoms with Crippen LogP contribution in [0.2, 0.25) is 5.02 Å². The van der Waals surface area contributed by atoms with Gasteiger partial charge in [0.25, 0.3) is 5.91 Å². The van der Waals surface area contributed by atoms with Gasteiger partial charge in [-0.05, 0) is 61.9 Å². The van der Waals surface area contributed by atoms with E-state index in [1.165, 1.54) is 0 Å². The molecule has 0 aromatic heterocycles. The van der Waals surface area contributed by atoms with Gasteiger partial charge in [0.05, 0.1) is 0 Å². The van der Waals surface area contributed by atoms with Crippen LogP contribution in [0.1, 0.15) is 34.3 Å². The summed E-state index contributed by atoms with van der Waals surface area (Å²) in [5.41, 5.74) is 7.46. The van der Waals surface area contributed by atoms with Gasteiger partial charge in [-0.2, -0.15) is 0 Å². The zero-order chi connectivity index (χ0) is 18.2. The molecule has 2 N–H and O–H groups in total. The van der Waals surface area contributed by atoms with E-state index in [4.69, 9.17) is 11.6 Å². The molecule has 6 heteroatoms. The molecule has 4 nitrogen and oxygen atoms in total. The lowest BCUT2D eigenvalue weighted by Crippen LogP contribution is -2.41. The fraction of sp³-hybridized carbons (Fsp3) is 0.263. The van der Waals surface area contributed by atoms with E-state index in [2.05, 4.69) is 10.9 Å². The zero-order valence-corrected chi connectivity index (χ0v) is 15.8. The third-order valence-corrected chi connectivity index (χ3v) is 4.92. The van der Waals surface area contributed by atoms with E-state index < -0.39 is 0 Å². The Kier molecular flexibility index (Phi) is 7.34. The van der Waals surface area contributed by atoms with E-state index >= 15 is 0 Å². The molecule has 2 aromatic carbocycles. The Morgan fingerprint density at radius 1 is 1.04 bits per heavy atom. The molecular formula is C19H21ClN2O2S. The molecule has 0 saturated carbocycles. The molecule has 0 bridgehead atoms. The second-order valence-corrected chi connectivity index (χ2v) is 7.33. The number of carbonyl (C=O) groups excluding carboxylic acids is 2. The molecule has 0 unspecified atom stereocenters. The second kappa shape index (κ2) is 9.49. The van der Waals surface area contributed by atoms with Gasteiger partial charge in [-0.15, -0.1) is 11.8 Å². The molecule has 2 rings (SSSR count). The van der Waals surface area contributed by atoms with Crippen LogP contribution in [0.5, 0.6) is 0 Å². The van der Waals surface area contributed by atoms with Crippen LogP contribution in [0.4, 0.5) is 0 Å². The molecule has 0 fully saturated rings. The van der Waals surface area contributed by atoms with Crippen molar-refractivity contribution in [2.45, 2.75) is 31.6 Å². The predicted octanol–water partition coefficient (Wildman–Crippen LogP) is 4.29. The first-order chi connectivity index (χ1) is 12.0. The van der Waals surface area contributed by atoms with Gasteiger partial charge in [-0.1, -0.05) is 29.3 Å². The van der Waals surface area contributed by atoms with Gasteiger partial charge < -0.3 is 0 Å². The lowest BCUT2D eigenvalue weighted by molar-refractivity contribution is -0.121. The molecule has 0 heterocycles. The SMILES string of the molecule is Cc1ccc(C(=O)NNC(=O)CCCSc2ccc(Cl)cc2)c(C)c1. The summed E-state index contributed by atoms with van der Waals surface area (Å²) in [5, 5.41) is 0.711. The first kappa shape index (κ1) is 19.3. The summed E-state index contributed by atoms with van der Waals surface area (Å²) in [6.07, 6.45) is 1.08. The van der Waals surface area contributed by atoms with Crippen LogP contribution in [0.15, 0.2) is 47.4 Å². The highest BCUT2D eigenvalue weighted by molar-refractivity contribution is 7.99. The van der Waals surface area contributed by atoms with Crippen molar-refractivity contribution in [1.29, 1.82) is 0 Å². The van der Waals surface area contributed by atoms with Crippen LogP contribution in [0.25, 0.3) is 0 Å². The minimum absolute atomic E-state index is 0.199. The van der Waals surface area contributed by atoms with Gasteiger partial charge in [-0.3, -0.25) is 20.4 Å². The van der Waals surface area contributed by atoms with Crippen molar-refractivity contribution in [1.82, 2.24) is 10.9 Å².